The molecule has 0 aromatic rings. The van der Waals surface area contributed by atoms with Crippen molar-refractivity contribution >= 4 is 10.1 Å². The molecule has 2 atom stereocenters. The molecule has 0 aliphatic carbocycles. The fraction of sp³-hybridized carbons (Fsp3) is 1.00. The summed E-state index contributed by atoms with van der Waals surface area (Å²) in [6.45, 7) is 4.09. The number of aliphatic hydroxyl groups is 1. The van der Waals surface area contributed by atoms with E-state index in [9.17, 15) is 13.0 Å². The molecule has 0 amide bonds. The third-order valence-corrected chi connectivity index (χ3v) is 2.97. The van der Waals surface area contributed by atoms with E-state index in [2.05, 4.69) is 0 Å². The molecule has 0 aromatic carbocycles. The zero-order valence-electron chi connectivity index (χ0n) is 10.9. The number of rotatable bonds is 9. The van der Waals surface area contributed by atoms with Crippen LogP contribution in [0, 0.1) is 0 Å². The molecule has 2 unspecified atom stereocenters. The number of hydrogen-bond acceptors (Lipinski definition) is 5. The largest absolute Gasteiger partial charge is 1.00 e. The van der Waals surface area contributed by atoms with E-state index in [1.807, 2.05) is 6.92 Å². The van der Waals surface area contributed by atoms with Crippen molar-refractivity contribution in [3.8, 4) is 0 Å². The third kappa shape index (κ3) is 16.8. The van der Waals surface area contributed by atoms with Gasteiger partial charge in [0, 0.05) is 12.4 Å². The molecule has 7 heteroatoms. The molecule has 1 N–H and O–H groups in total. The summed E-state index contributed by atoms with van der Waals surface area (Å²) in [5.74, 6) is -0.321. The van der Waals surface area contributed by atoms with E-state index in [0.717, 1.165) is 6.42 Å². The zero-order valence-corrected chi connectivity index (χ0v) is 13.7. The van der Waals surface area contributed by atoms with Gasteiger partial charge in [0.1, 0.15) is 0 Å². The Labute approximate surface area is 126 Å². The predicted octanol–water partition coefficient (Wildman–Crippen LogP) is -2.12. The first-order valence-corrected chi connectivity index (χ1v) is 7.12. The maximum Gasteiger partial charge on any atom is 1.00 e. The summed E-state index contributed by atoms with van der Waals surface area (Å²) in [5.41, 5.74) is 0. The molecule has 5 nitrogen and oxygen atoms in total. The topological polar surface area (TPSA) is 86.7 Å². The van der Waals surface area contributed by atoms with Gasteiger partial charge in [0.2, 0.25) is 0 Å². The van der Waals surface area contributed by atoms with Crippen LogP contribution in [0.3, 0.4) is 0 Å². The normalized spacial score (nSPS) is 15.1. The predicted molar refractivity (Wildman–Crippen MR) is 60.1 cm³/mol. The maximum absolute atomic E-state index is 10.3. The van der Waals surface area contributed by atoms with E-state index in [4.69, 9.17) is 9.84 Å². The second-order valence-electron chi connectivity index (χ2n) is 4.08. The summed E-state index contributed by atoms with van der Waals surface area (Å²) in [5, 5.41) is 9.04. The van der Waals surface area contributed by atoms with E-state index in [0.29, 0.717) is 25.9 Å². The van der Waals surface area contributed by atoms with Gasteiger partial charge in [-0.3, -0.25) is 0 Å². The third-order valence-electron chi connectivity index (χ3n) is 2.18. The van der Waals surface area contributed by atoms with Crippen LogP contribution in [0.4, 0.5) is 0 Å². The molecule has 0 radical (unpaired) electrons. The summed E-state index contributed by atoms with van der Waals surface area (Å²) in [7, 11) is -4.08. The quantitative estimate of drug-likeness (QED) is 0.296. The summed E-state index contributed by atoms with van der Waals surface area (Å²) < 4.78 is 36.2. The minimum atomic E-state index is -4.08. The van der Waals surface area contributed by atoms with E-state index in [1.165, 1.54) is 0 Å². The van der Waals surface area contributed by atoms with Crippen molar-refractivity contribution < 1.29 is 52.4 Å². The summed E-state index contributed by atoms with van der Waals surface area (Å²) in [6, 6.07) is 0. The molecule has 0 aliphatic heterocycles. The summed E-state index contributed by atoms with van der Waals surface area (Å²) in [4.78, 5) is 0. The molecule has 0 saturated heterocycles. The van der Waals surface area contributed by atoms with E-state index in [-0.39, 0.29) is 47.5 Å². The smallest absolute Gasteiger partial charge is 0.748 e. The van der Waals surface area contributed by atoms with Gasteiger partial charge in [-0.05, 0) is 39.5 Å². The molecular formula is C10H21NaO5S. The molecule has 0 spiro atoms. The molecule has 0 bridgehead atoms. The van der Waals surface area contributed by atoms with E-state index >= 15 is 0 Å². The molecule has 0 aliphatic rings. The van der Waals surface area contributed by atoms with Gasteiger partial charge >= 0.3 is 29.6 Å². The van der Waals surface area contributed by atoms with Crippen molar-refractivity contribution in [3.05, 3.63) is 0 Å². The zero-order chi connectivity index (χ0) is 12.6. The van der Waals surface area contributed by atoms with Gasteiger partial charge in [-0.1, -0.05) is 0 Å². The van der Waals surface area contributed by atoms with Gasteiger partial charge < -0.3 is 14.4 Å². The van der Waals surface area contributed by atoms with Crippen LogP contribution in [0.5, 0.6) is 0 Å². The van der Waals surface area contributed by atoms with Gasteiger partial charge in [-0.15, -0.1) is 0 Å². The average Bonchev–Trinajstić information content (AvgIpc) is 2.12. The number of unbranched alkanes of at least 4 members (excludes halogenated alkanes) is 1. The Kier molecular flexibility index (Phi) is 12.7. The van der Waals surface area contributed by atoms with Crippen LogP contribution >= 0.6 is 0 Å². The SMILES string of the molecule is CC(O)CCC(C)OCCCCS(=O)(=O)[O-].[Na+]. The van der Waals surface area contributed by atoms with Crippen LogP contribution < -0.4 is 29.6 Å². The van der Waals surface area contributed by atoms with Gasteiger partial charge in [-0.2, -0.15) is 0 Å². The molecule has 0 fully saturated rings. The van der Waals surface area contributed by atoms with Gasteiger partial charge in [0.25, 0.3) is 0 Å². The number of ether oxygens (including phenoxy) is 1. The number of hydrogen-bond donors (Lipinski definition) is 1. The second kappa shape index (κ2) is 10.7. The van der Waals surface area contributed by atoms with Crippen LogP contribution in [-0.2, 0) is 14.9 Å². The molecule has 0 heterocycles. The van der Waals surface area contributed by atoms with Crippen LogP contribution in [0.1, 0.15) is 39.5 Å². The minimum Gasteiger partial charge on any atom is -0.748 e. The number of aliphatic hydroxyl groups excluding tert-OH is 1. The van der Waals surface area contributed by atoms with Gasteiger partial charge in [-0.25, -0.2) is 8.42 Å². The van der Waals surface area contributed by atoms with Crippen LogP contribution in [0.25, 0.3) is 0 Å². The first kappa shape index (κ1) is 20.2. The molecule has 98 valence electrons. The van der Waals surface area contributed by atoms with E-state index in [1.54, 1.807) is 6.92 Å². The Balaban J connectivity index is 0. The van der Waals surface area contributed by atoms with Gasteiger partial charge in [0.05, 0.1) is 22.3 Å². The summed E-state index contributed by atoms with van der Waals surface area (Å²) >= 11 is 0. The fourth-order valence-corrected chi connectivity index (χ4v) is 1.78. The molecule has 17 heavy (non-hydrogen) atoms. The first-order chi connectivity index (χ1) is 7.31. The monoisotopic (exact) mass is 276 g/mol. The van der Waals surface area contributed by atoms with Crippen molar-refractivity contribution in [1.82, 2.24) is 0 Å². The fourth-order valence-electron chi connectivity index (χ4n) is 1.22. The van der Waals surface area contributed by atoms with Crippen LogP contribution in [0.2, 0.25) is 0 Å². The Morgan fingerprint density at radius 1 is 1.24 bits per heavy atom. The molecule has 0 aromatic heterocycles. The van der Waals surface area contributed by atoms with Crippen molar-refractivity contribution in [2.75, 3.05) is 12.4 Å². The Bertz CT molecular complexity index is 266. The Morgan fingerprint density at radius 2 is 1.82 bits per heavy atom. The van der Waals surface area contributed by atoms with Crippen molar-refractivity contribution in [1.29, 1.82) is 0 Å². The second-order valence-corrected chi connectivity index (χ2v) is 5.60. The molecule has 0 rings (SSSR count). The van der Waals surface area contributed by atoms with Gasteiger partial charge in [0.15, 0.2) is 0 Å². The van der Waals surface area contributed by atoms with Crippen molar-refractivity contribution in [3.63, 3.8) is 0 Å². The Hall–Kier alpha value is 0.830. The average molecular weight is 276 g/mol. The molecular weight excluding hydrogens is 255 g/mol. The van der Waals surface area contributed by atoms with Crippen molar-refractivity contribution in [2.24, 2.45) is 0 Å². The van der Waals surface area contributed by atoms with Crippen LogP contribution in [0.15, 0.2) is 0 Å². The summed E-state index contributed by atoms with van der Waals surface area (Å²) in [6.07, 6.45) is 2.11. The van der Waals surface area contributed by atoms with Crippen LogP contribution in [-0.4, -0.2) is 42.6 Å². The first-order valence-electron chi connectivity index (χ1n) is 5.54. The minimum absolute atomic E-state index is 0. The van der Waals surface area contributed by atoms with Crippen molar-refractivity contribution in [2.45, 2.75) is 51.7 Å². The van der Waals surface area contributed by atoms with E-state index < -0.39 is 10.1 Å². The standard InChI is InChI=1S/C10H22O5S.Na/c1-9(11)5-6-10(2)15-7-3-4-8-16(12,13)14;/h9-11H,3-8H2,1-2H3,(H,12,13,14);/q;+1/p-1. The maximum atomic E-state index is 10.3. The molecule has 0 saturated carbocycles. The Morgan fingerprint density at radius 3 is 2.29 bits per heavy atom.